The summed E-state index contributed by atoms with van der Waals surface area (Å²) < 4.78 is 29.3. The van der Waals surface area contributed by atoms with E-state index in [1.54, 1.807) is 12.1 Å². The summed E-state index contributed by atoms with van der Waals surface area (Å²) in [6.45, 7) is 0. The summed E-state index contributed by atoms with van der Waals surface area (Å²) in [5, 5.41) is 6.04. The van der Waals surface area contributed by atoms with E-state index in [9.17, 15) is 9.18 Å². The zero-order valence-electron chi connectivity index (χ0n) is 16.9. The number of anilines is 2. The van der Waals surface area contributed by atoms with Crippen molar-refractivity contribution >= 4 is 17.3 Å². The Labute approximate surface area is 174 Å². The van der Waals surface area contributed by atoms with Crippen LogP contribution in [-0.2, 0) is 4.79 Å². The van der Waals surface area contributed by atoms with E-state index in [1.165, 1.54) is 45.6 Å². The minimum Gasteiger partial charge on any atom is -0.493 e. The number of rotatable bonds is 8. The minimum absolute atomic E-state index is 0.304. The lowest BCUT2D eigenvalue weighted by molar-refractivity contribution is -0.117. The fourth-order valence-corrected chi connectivity index (χ4v) is 3.02. The highest BCUT2D eigenvalue weighted by molar-refractivity contribution is 5.97. The molecule has 3 aromatic rings. The van der Waals surface area contributed by atoms with Crippen molar-refractivity contribution < 1.29 is 23.4 Å². The number of halogens is 1. The van der Waals surface area contributed by atoms with Crippen molar-refractivity contribution in [2.24, 2.45) is 0 Å². The van der Waals surface area contributed by atoms with Gasteiger partial charge in [0, 0.05) is 23.5 Å². The Morgan fingerprint density at radius 3 is 1.97 bits per heavy atom. The third-order valence-electron chi connectivity index (χ3n) is 4.48. The smallest absolute Gasteiger partial charge is 0.251 e. The molecule has 2 N–H and O–H groups in total. The highest BCUT2D eigenvalue weighted by atomic mass is 19.1. The molecule has 0 aliphatic carbocycles. The SMILES string of the molecule is COc1cc(N[C@@H](C(=O)Nc2ccc(F)cc2)c2ccccc2)cc(OC)c1OC. The maximum Gasteiger partial charge on any atom is 0.251 e. The van der Waals surface area contributed by atoms with Crippen LogP contribution in [0, 0.1) is 5.82 Å². The monoisotopic (exact) mass is 410 g/mol. The highest BCUT2D eigenvalue weighted by Crippen LogP contribution is 2.40. The maximum atomic E-state index is 13.2. The molecule has 0 aromatic heterocycles. The number of carbonyl (C=O) groups is 1. The van der Waals surface area contributed by atoms with Gasteiger partial charge in [0.2, 0.25) is 5.75 Å². The molecule has 6 nitrogen and oxygen atoms in total. The molecule has 1 atom stereocenters. The van der Waals surface area contributed by atoms with Crippen LogP contribution in [0.4, 0.5) is 15.8 Å². The van der Waals surface area contributed by atoms with Gasteiger partial charge in [-0.05, 0) is 29.8 Å². The molecule has 0 heterocycles. The molecule has 0 bridgehead atoms. The highest BCUT2D eigenvalue weighted by Gasteiger charge is 2.22. The first kappa shape index (κ1) is 21.0. The quantitative estimate of drug-likeness (QED) is 0.566. The molecular formula is C23H23FN2O4. The molecule has 0 aliphatic heterocycles. The molecular weight excluding hydrogens is 387 g/mol. The Morgan fingerprint density at radius 1 is 0.833 bits per heavy atom. The van der Waals surface area contributed by atoms with Gasteiger partial charge in [-0.15, -0.1) is 0 Å². The van der Waals surface area contributed by atoms with Gasteiger partial charge in [-0.1, -0.05) is 30.3 Å². The fraction of sp³-hybridized carbons (Fsp3) is 0.174. The Balaban J connectivity index is 1.93. The number of amides is 1. The lowest BCUT2D eigenvalue weighted by atomic mass is 10.1. The lowest BCUT2D eigenvalue weighted by Gasteiger charge is -2.22. The van der Waals surface area contributed by atoms with E-state index >= 15 is 0 Å². The van der Waals surface area contributed by atoms with Gasteiger partial charge in [-0.2, -0.15) is 0 Å². The van der Waals surface area contributed by atoms with Crippen molar-refractivity contribution in [1.82, 2.24) is 0 Å². The normalized spacial score (nSPS) is 11.3. The van der Waals surface area contributed by atoms with Crippen LogP contribution in [0.3, 0.4) is 0 Å². The number of carbonyl (C=O) groups excluding carboxylic acids is 1. The van der Waals surface area contributed by atoms with E-state index in [2.05, 4.69) is 10.6 Å². The van der Waals surface area contributed by atoms with Crippen LogP contribution in [0.1, 0.15) is 11.6 Å². The van der Waals surface area contributed by atoms with Crippen LogP contribution >= 0.6 is 0 Å². The van der Waals surface area contributed by atoms with Gasteiger partial charge in [0.05, 0.1) is 21.3 Å². The van der Waals surface area contributed by atoms with E-state index in [0.29, 0.717) is 28.6 Å². The summed E-state index contributed by atoms with van der Waals surface area (Å²) in [7, 11) is 4.57. The molecule has 0 saturated carbocycles. The number of nitrogens with one attached hydrogen (secondary N) is 2. The number of methoxy groups -OCH3 is 3. The molecule has 1 amide bonds. The molecule has 0 aliphatic rings. The zero-order chi connectivity index (χ0) is 21.5. The average molecular weight is 410 g/mol. The van der Waals surface area contributed by atoms with Gasteiger partial charge in [-0.3, -0.25) is 4.79 Å². The van der Waals surface area contributed by atoms with E-state index < -0.39 is 6.04 Å². The molecule has 3 aromatic carbocycles. The predicted octanol–water partition coefficient (Wildman–Crippen LogP) is 4.64. The summed E-state index contributed by atoms with van der Waals surface area (Å²) in [4.78, 5) is 13.1. The number of hydrogen-bond donors (Lipinski definition) is 2. The number of ether oxygens (including phenoxy) is 3. The fourth-order valence-electron chi connectivity index (χ4n) is 3.02. The lowest BCUT2D eigenvalue weighted by Crippen LogP contribution is -2.27. The van der Waals surface area contributed by atoms with Crippen molar-refractivity contribution in [2.75, 3.05) is 32.0 Å². The molecule has 0 fully saturated rings. The van der Waals surface area contributed by atoms with Crippen molar-refractivity contribution in [3.8, 4) is 17.2 Å². The summed E-state index contributed by atoms with van der Waals surface area (Å²) >= 11 is 0. The molecule has 7 heteroatoms. The first-order valence-electron chi connectivity index (χ1n) is 9.23. The summed E-state index contributed by atoms with van der Waals surface area (Å²) in [6.07, 6.45) is 0. The predicted molar refractivity (Wildman–Crippen MR) is 114 cm³/mol. The first-order chi connectivity index (χ1) is 14.5. The topological polar surface area (TPSA) is 68.8 Å². The summed E-state index contributed by atoms with van der Waals surface area (Å²) in [5.74, 6) is 0.706. The van der Waals surface area contributed by atoms with Crippen LogP contribution in [0.5, 0.6) is 17.2 Å². The Kier molecular flexibility index (Phi) is 6.75. The second-order valence-electron chi connectivity index (χ2n) is 6.40. The maximum absolute atomic E-state index is 13.2. The molecule has 0 saturated heterocycles. The second-order valence-corrected chi connectivity index (χ2v) is 6.40. The van der Waals surface area contributed by atoms with Crippen LogP contribution < -0.4 is 24.8 Å². The van der Waals surface area contributed by atoms with E-state index in [-0.39, 0.29) is 11.7 Å². The molecule has 0 radical (unpaired) electrons. The van der Waals surface area contributed by atoms with Crippen molar-refractivity contribution in [2.45, 2.75) is 6.04 Å². The third-order valence-corrected chi connectivity index (χ3v) is 4.48. The van der Waals surface area contributed by atoms with Crippen molar-refractivity contribution in [3.63, 3.8) is 0 Å². The van der Waals surface area contributed by atoms with Crippen molar-refractivity contribution in [3.05, 3.63) is 78.1 Å². The van der Waals surface area contributed by atoms with E-state index in [1.807, 2.05) is 30.3 Å². The van der Waals surface area contributed by atoms with Gasteiger partial charge in [-0.25, -0.2) is 4.39 Å². The molecule has 30 heavy (non-hydrogen) atoms. The summed E-state index contributed by atoms with van der Waals surface area (Å²) in [6, 6.07) is 17.6. The van der Waals surface area contributed by atoms with Crippen molar-refractivity contribution in [1.29, 1.82) is 0 Å². The van der Waals surface area contributed by atoms with E-state index in [0.717, 1.165) is 5.56 Å². The second kappa shape index (κ2) is 9.65. The van der Waals surface area contributed by atoms with E-state index in [4.69, 9.17) is 14.2 Å². The number of benzene rings is 3. The van der Waals surface area contributed by atoms with Crippen LogP contribution in [0.15, 0.2) is 66.7 Å². The first-order valence-corrected chi connectivity index (χ1v) is 9.23. The molecule has 3 rings (SSSR count). The van der Waals surface area contributed by atoms with Crippen LogP contribution in [0.25, 0.3) is 0 Å². The largest absolute Gasteiger partial charge is 0.493 e. The van der Waals surface area contributed by atoms with Gasteiger partial charge in [0.1, 0.15) is 11.9 Å². The minimum atomic E-state index is -0.723. The Morgan fingerprint density at radius 2 is 1.43 bits per heavy atom. The van der Waals surface area contributed by atoms with Gasteiger partial charge >= 0.3 is 0 Å². The number of hydrogen-bond acceptors (Lipinski definition) is 5. The Hall–Kier alpha value is -3.74. The zero-order valence-corrected chi connectivity index (χ0v) is 16.9. The van der Waals surface area contributed by atoms with Gasteiger partial charge in [0.25, 0.3) is 5.91 Å². The van der Waals surface area contributed by atoms with Gasteiger partial charge < -0.3 is 24.8 Å². The van der Waals surface area contributed by atoms with Crippen LogP contribution in [-0.4, -0.2) is 27.2 Å². The standard InChI is InChI=1S/C23H23FN2O4/c1-28-19-13-18(14-20(29-2)22(19)30-3)25-21(15-7-5-4-6-8-15)23(27)26-17-11-9-16(24)10-12-17/h4-14,21,25H,1-3H3,(H,26,27)/t21-/m1/s1. The third kappa shape index (κ3) is 4.81. The molecule has 0 unspecified atom stereocenters. The van der Waals surface area contributed by atoms with Crippen LogP contribution in [0.2, 0.25) is 0 Å². The Bertz CT molecular complexity index is 969. The average Bonchev–Trinajstić information content (AvgIpc) is 2.78. The van der Waals surface area contributed by atoms with Gasteiger partial charge in [0.15, 0.2) is 11.5 Å². The molecule has 0 spiro atoms. The summed E-state index contributed by atoms with van der Waals surface area (Å²) in [5.41, 5.74) is 1.85. The molecule has 156 valence electrons.